The number of pyridine rings is 1. The number of hydrogen-bond acceptors (Lipinski definition) is 4. The summed E-state index contributed by atoms with van der Waals surface area (Å²) in [4.78, 5) is 8.27. The van der Waals surface area contributed by atoms with Crippen molar-refractivity contribution in [1.29, 1.82) is 0 Å². The number of hydrogen-bond donors (Lipinski definition) is 1. The zero-order valence-electron chi connectivity index (χ0n) is 12.8. The van der Waals surface area contributed by atoms with Crippen LogP contribution in [0.4, 0.5) is 5.82 Å². The minimum atomic E-state index is 0.701. The number of benzene rings is 1. The maximum Gasteiger partial charge on any atom is 0.156 e. The highest BCUT2D eigenvalue weighted by Gasteiger charge is 2.11. The molecule has 1 N–H and O–H groups in total. The van der Waals surface area contributed by atoms with Gasteiger partial charge in [-0.3, -0.25) is 4.98 Å². The Hall–Kier alpha value is -2.86. The third kappa shape index (κ3) is 2.83. The lowest BCUT2D eigenvalue weighted by Gasteiger charge is -2.04. The number of nitrogens with one attached hydrogen (secondary N) is 1. The fourth-order valence-corrected chi connectivity index (χ4v) is 2.72. The molecule has 120 valence electrons. The van der Waals surface area contributed by atoms with Gasteiger partial charge in [-0.1, -0.05) is 11.6 Å². The topological polar surface area (TPSA) is 60.6 Å². The van der Waals surface area contributed by atoms with Gasteiger partial charge < -0.3 is 9.88 Å². The predicted molar refractivity (Wildman–Crippen MR) is 94.6 cm³/mol. The van der Waals surface area contributed by atoms with Crippen molar-refractivity contribution in [2.24, 2.45) is 0 Å². The smallest absolute Gasteiger partial charge is 0.156 e. The Morgan fingerprint density at radius 2 is 1.92 bits per heavy atom. The molecule has 0 aliphatic carbocycles. The van der Waals surface area contributed by atoms with Crippen LogP contribution in [-0.4, -0.2) is 30.9 Å². The standard InChI is InChI=1S/C17H15ClN6/c18-13-1-3-14(4-2-13)24-16-11-19-6-5-15(16)17(22-24)21-8-10-23-9-7-20-12-23/h1-7,9,11-12H,8,10H2,(H,21,22). The first kappa shape index (κ1) is 14.7. The van der Waals surface area contributed by atoms with E-state index in [0.717, 1.165) is 35.5 Å². The van der Waals surface area contributed by atoms with E-state index in [2.05, 4.69) is 15.3 Å². The van der Waals surface area contributed by atoms with Crippen molar-refractivity contribution >= 4 is 28.3 Å². The number of imidazole rings is 1. The molecule has 3 heterocycles. The molecule has 4 rings (SSSR count). The van der Waals surface area contributed by atoms with Gasteiger partial charge in [-0.25, -0.2) is 9.67 Å². The number of anilines is 1. The summed E-state index contributed by atoms with van der Waals surface area (Å²) in [5.74, 6) is 0.836. The normalized spacial score (nSPS) is 11.0. The van der Waals surface area contributed by atoms with E-state index in [1.165, 1.54) is 0 Å². The Morgan fingerprint density at radius 3 is 2.71 bits per heavy atom. The molecule has 0 atom stereocenters. The van der Waals surface area contributed by atoms with E-state index in [-0.39, 0.29) is 0 Å². The second kappa shape index (κ2) is 6.33. The minimum Gasteiger partial charge on any atom is -0.366 e. The lowest BCUT2D eigenvalue weighted by molar-refractivity contribution is 0.724. The van der Waals surface area contributed by atoms with E-state index in [0.29, 0.717) is 5.02 Å². The molecular weight excluding hydrogens is 324 g/mol. The Balaban J connectivity index is 1.64. The molecule has 24 heavy (non-hydrogen) atoms. The van der Waals surface area contributed by atoms with Crippen molar-refractivity contribution in [3.05, 3.63) is 66.5 Å². The first-order chi connectivity index (χ1) is 11.8. The second-order valence-electron chi connectivity index (χ2n) is 5.36. The molecule has 0 aliphatic rings. The zero-order valence-corrected chi connectivity index (χ0v) is 13.6. The average molecular weight is 339 g/mol. The lowest BCUT2D eigenvalue weighted by Crippen LogP contribution is -2.10. The molecule has 0 aliphatic heterocycles. The molecule has 0 radical (unpaired) electrons. The first-order valence-corrected chi connectivity index (χ1v) is 7.97. The van der Waals surface area contributed by atoms with Crippen molar-refractivity contribution in [3.8, 4) is 5.69 Å². The number of rotatable bonds is 5. The van der Waals surface area contributed by atoms with Crippen LogP contribution in [0.3, 0.4) is 0 Å². The van der Waals surface area contributed by atoms with Crippen molar-refractivity contribution in [2.45, 2.75) is 6.54 Å². The maximum absolute atomic E-state index is 5.98. The number of nitrogens with zero attached hydrogens (tertiary/aromatic N) is 5. The van der Waals surface area contributed by atoms with Gasteiger partial charge in [0, 0.05) is 42.1 Å². The van der Waals surface area contributed by atoms with Crippen LogP contribution < -0.4 is 5.32 Å². The summed E-state index contributed by atoms with van der Waals surface area (Å²) in [6.45, 7) is 1.58. The third-order valence-electron chi connectivity index (χ3n) is 3.78. The highest BCUT2D eigenvalue weighted by atomic mass is 35.5. The Labute approximate surface area is 143 Å². The van der Waals surface area contributed by atoms with Gasteiger partial charge in [0.2, 0.25) is 0 Å². The quantitative estimate of drug-likeness (QED) is 0.606. The largest absolute Gasteiger partial charge is 0.366 e. The van der Waals surface area contributed by atoms with Gasteiger partial charge in [-0.05, 0) is 30.3 Å². The van der Waals surface area contributed by atoms with Crippen LogP contribution in [0.5, 0.6) is 0 Å². The second-order valence-corrected chi connectivity index (χ2v) is 5.79. The lowest BCUT2D eigenvalue weighted by atomic mass is 10.3. The highest BCUT2D eigenvalue weighted by Crippen LogP contribution is 2.25. The van der Waals surface area contributed by atoms with Crippen LogP contribution in [-0.2, 0) is 6.54 Å². The van der Waals surface area contributed by atoms with Gasteiger partial charge in [0.25, 0.3) is 0 Å². The molecule has 4 aromatic rings. The Morgan fingerprint density at radius 1 is 1.04 bits per heavy atom. The fraction of sp³-hybridized carbons (Fsp3) is 0.118. The molecule has 0 fully saturated rings. The van der Waals surface area contributed by atoms with E-state index in [4.69, 9.17) is 16.7 Å². The van der Waals surface area contributed by atoms with E-state index in [1.54, 1.807) is 18.7 Å². The predicted octanol–water partition coefficient (Wildman–Crippen LogP) is 3.38. The van der Waals surface area contributed by atoms with Crippen LogP contribution in [0, 0.1) is 0 Å². The molecule has 7 heteroatoms. The molecule has 1 aromatic carbocycles. The summed E-state index contributed by atoms with van der Waals surface area (Å²) < 4.78 is 3.89. The van der Waals surface area contributed by atoms with E-state index < -0.39 is 0 Å². The summed E-state index contributed by atoms with van der Waals surface area (Å²) in [5, 5.41) is 9.83. The zero-order chi connectivity index (χ0) is 16.4. The van der Waals surface area contributed by atoms with Gasteiger partial charge >= 0.3 is 0 Å². The van der Waals surface area contributed by atoms with Gasteiger partial charge in [0.15, 0.2) is 5.82 Å². The van der Waals surface area contributed by atoms with Crippen LogP contribution in [0.2, 0.25) is 5.02 Å². The number of aromatic nitrogens is 5. The summed E-state index contributed by atoms with van der Waals surface area (Å²) in [7, 11) is 0. The fourth-order valence-electron chi connectivity index (χ4n) is 2.59. The van der Waals surface area contributed by atoms with Crippen molar-refractivity contribution < 1.29 is 0 Å². The SMILES string of the molecule is Clc1ccc(-n2nc(NCCn3ccnc3)c3ccncc32)cc1. The van der Waals surface area contributed by atoms with Crippen molar-refractivity contribution in [2.75, 3.05) is 11.9 Å². The molecule has 0 saturated carbocycles. The molecule has 0 spiro atoms. The average Bonchev–Trinajstić information content (AvgIpc) is 3.24. The number of halogens is 1. The Kier molecular flexibility index (Phi) is 3.88. The molecule has 0 saturated heterocycles. The molecule has 6 nitrogen and oxygen atoms in total. The molecular formula is C17H15ClN6. The van der Waals surface area contributed by atoms with Crippen LogP contribution >= 0.6 is 11.6 Å². The van der Waals surface area contributed by atoms with E-state index in [1.807, 2.05) is 52.0 Å². The molecule has 0 amide bonds. The monoisotopic (exact) mass is 338 g/mol. The van der Waals surface area contributed by atoms with Crippen LogP contribution in [0.25, 0.3) is 16.6 Å². The van der Waals surface area contributed by atoms with Crippen LogP contribution in [0.1, 0.15) is 0 Å². The van der Waals surface area contributed by atoms with Crippen LogP contribution in [0.15, 0.2) is 61.4 Å². The van der Waals surface area contributed by atoms with Gasteiger partial charge in [0.05, 0.1) is 23.7 Å². The molecule has 0 bridgehead atoms. The maximum atomic E-state index is 5.98. The van der Waals surface area contributed by atoms with Gasteiger partial charge in [-0.2, -0.15) is 0 Å². The summed E-state index contributed by atoms with van der Waals surface area (Å²) in [6.07, 6.45) is 9.11. The van der Waals surface area contributed by atoms with Crippen molar-refractivity contribution in [3.63, 3.8) is 0 Å². The van der Waals surface area contributed by atoms with E-state index in [9.17, 15) is 0 Å². The summed E-state index contributed by atoms with van der Waals surface area (Å²) in [6, 6.07) is 9.56. The van der Waals surface area contributed by atoms with Crippen molar-refractivity contribution in [1.82, 2.24) is 24.3 Å². The summed E-state index contributed by atoms with van der Waals surface area (Å²) >= 11 is 5.98. The number of fused-ring (bicyclic) bond motifs is 1. The Bertz CT molecular complexity index is 943. The summed E-state index contributed by atoms with van der Waals surface area (Å²) in [5.41, 5.74) is 1.89. The van der Waals surface area contributed by atoms with E-state index >= 15 is 0 Å². The third-order valence-corrected chi connectivity index (χ3v) is 4.03. The van der Waals surface area contributed by atoms with Gasteiger partial charge in [-0.15, -0.1) is 5.10 Å². The minimum absolute atomic E-state index is 0.701. The molecule has 0 unspecified atom stereocenters. The van der Waals surface area contributed by atoms with Gasteiger partial charge in [0.1, 0.15) is 0 Å². The molecule has 3 aromatic heterocycles. The first-order valence-electron chi connectivity index (χ1n) is 7.59. The highest BCUT2D eigenvalue weighted by molar-refractivity contribution is 6.30.